The highest BCUT2D eigenvalue weighted by Crippen LogP contribution is 2.29. The van der Waals surface area contributed by atoms with Crippen molar-refractivity contribution >= 4 is 27.7 Å². The van der Waals surface area contributed by atoms with Crippen LogP contribution in [0.2, 0.25) is 0 Å². The first-order valence-electron chi connectivity index (χ1n) is 7.75. The van der Waals surface area contributed by atoms with Crippen LogP contribution in [0.1, 0.15) is 25.8 Å². The van der Waals surface area contributed by atoms with Crippen LogP contribution in [0.3, 0.4) is 0 Å². The lowest BCUT2D eigenvalue weighted by Gasteiger charge is -2.20. The van der Waals surface area contributed by atoms with Crippen LogP contribution in [0.4, 0.5) is 23.7 Å². The van der Waals surface area contributed by atoms with Gasteiger partial charge in [-0.15, -0.1) is 0 Å². The Kier molecular flexibility index (Phi) is 7.60. The van der Waals surface area contributed by atoms with Gasteiger partial charge in [0.25, 0.3) is 10.1 Å². The number of hydrogen-bond acceptors (Lipinski definition) is 4. The van der Waals surface area contributed by atoms with Crippen LogP contribution in [0.15, 0.2) is 24.3 Å². The van der Waals surface area contributed by atoms with E-state index in [2.05, 4.69) is 10.6 Å². The molecule has 3 amide bonds. The molecule has 1 aromatic carbocycles. The summed E-state index contributed by atoms with van der Waals surface area (Å²) in [5, 5.41) is 6.58. The van der Waals surface area contributed by atoms with E-state index in [0.29, 0.717) is 0 Å². The first kappa shape index (κ1) is 22.7. The Balaban J connectivity index is 2.74. The minimum Gasteiger partial charge on any atom is -0.338 e. The van der Waals surface area contributed by atoms with E-state index in [9.17, 15) is 31.2 Å². The predicted molar refractivity (Wildman–Crippen MR) is 91.4 cm³/mol. The average molecular weight is 411 g/mol. The van der Waals surface area contributed by atoms with Crippen LogP contribution in [-0.4, -0.2) is 36.8 Å². The SMILES string of the molecule is CC(C)C[C@H](NC(=O)Nc1ccc(C(F)(F)F)cc1)C(=O)NCS(=O)(=O)O. The van der Waals surface area contributed by atoms with E-state index in [-0.39, 0.29) is 18.0 Å². The van der Waals surface area contributed by atoms with Gasteiger partial charge in [-0.1, -0.05) is 13.8 Å². The fraction of sp³-hybridized carbons (Fsp3) is 0.467. The van der Waals surface area contributed by atoms with Crippen LogP contribution in [0.25, 0.3) is 0 Å². The van der Waals surface area contributed by atoms with Crippen molar-refractivity contribution < 1.29 is 35.7 Å². The van der Waals surface area contributed by atoms with E-state index in [1.54, 1.807) is 13.8 Å². The lowest BCUT2D eigenvalue weighted by molar-refractivity contribution is -0.137. The molecular weight excluding hydrogens is 391 g/mol. The zero-order chi connectivity index (χ0) is 20.8. The van der Waals surface area contributed by atoms with E-state index < -0.39 is 45.7 Å². The van der Waals surface area contributed by atoms with Gasteiger partial charge in [0.05, 0.1) is 5.56 Å². The molecule has 4 N–H and O–H groups in total. The van der Waals surface area contributed by atoms with Crippen molar-refractivity contribution in [3.05, 3.63) is 29.8 Å². The largest absolute Gasteiger partial charge is 0.416 e. The summed E-state index contributed by atoms with van der Waals surface area (Å²) in [4.78, 5) is 24.0. The molecule has 1 atom stereocenters. The Bertz CT molecular complexity index is 764. The summed E-state index contributed by atoms with van der Waals surface area (Å²) in [6, 6.07) is 1.72. The highest BCUT2D eigenvalue weighted by Gasteiger charge is 2.30. The number of amides is 3. The van der Waals surface area contributed by atoms with Crippen LogP contribution in [0, 0.1) is 5.92 Å². The van der Waals surface area contributed by atoms with Crippen molar-refractivity contribution in [3.63, 3.8) is 0 Å². The molecule has 0 unspecified atom stereocenters. The number of benzene rings is 1. The van der Waals surface area contributed by atoms with E-state index in [4.69, 9.17) is 4.55 Å². The molecule has 0 bridgehead atoms. The molecule has 0 fully saturated rings. The minimum atomic E-state index is -4.51. The van der Waals surface area contributed by atoms with Gasteiger partial charge >= 0.3 is 12.2 Å². The number of urea groups is 1. The second-order valence-electron chi connectivity index (χ2n) is 6.12. The molecule has 0 saturated heterocycles. The van der Waals surface area contributed by atoms with E-state index in [1.165, 1.54) is 0 Å². The maximum absolute atomic E-state index is 12.5. The van der Waals surface area contributed by atoms with Crippen molar-refractivity contribution in [2.45, 2.75) is 32.5 Å². The highest BCUT2D eigenvalue weighted by molar-refractivity contribution is 7.85. The topological polar surface area (TPSA) is 125 Å². The third-order valence-electron chi connectivity index (χ3n) is 3.23. The molecule has 8 nitrogen and oxygen atoms in total. The molecule has 0 radical (unpaired) electrons. The second-order valence-corrected chi connectivity index (χ2v) is 7.58. The summed E-state index contributed by atoms with van der Waals surface area (Å²) in [7, 11) is -4.43. The zero-order valence-electron chi connectivity index (χ0n) is 14.5. The zero-order valence-corrected chi connectivity index (χ0v) is 15.3. The van der Waals surface area contributed by atoms with Crippen LogP contribution < -0.4 is 16.0 Å². The Hall–Kier alpha value is -2.34. The van der Waals surface area contributed by atoms with E-state index in [0.717, 1.165) is 24.3 Å². The number of anilines is 1. The second kappa shape index (κ2) is 9.04. The summed E-state index contributed by atoms with van der Waals surface area (Å²) in [6.45, 7) is 3.52. The summed E-state index contributed by atoms with van der Waals surface area (Å²) >= 11 is 0. The van der Waals surface area contributed by atoms with Crippen LogP contribution >= 0.6 is 0 Å². The number of rotatable bonds is 7. The Morgan fingerprint density at radius 1 is 1.15 bits per heavy atom. The number of carbonyl (C=O) groups is 2. The molecular formula is C15H20F3N3O5S. The van der Waals surface area contributed by atoms with Gasteiger partial charge < -0.3 is 16.0 Å². The number of nitrogens with one attached hydrogen (secondary N) is 3. The molecule has 1 aromatic rings. The Labute approximate surface area is 154 Å². The average Bonchev–Trinajstić information content (AvgIpc) is 2.50. The number of alkyl halides is 3. The lowest BCUT2D eigenvalue weighted by Crippen LogP contribution is -2.49. The van der Waals surface area contributed by atoms with E-state index in [1.807, 2.05) is 5.32 Å². The smallest absolute Gasteiger partial charge is 0.338 e. The molecule has 27 heavy (non-hydrogen) atoms. The molecule has 152 valence electrons. The first-order valence-corrected chi connectivity index (χ1v) is 9.36. The minimum absolute atomic E-state index is 0.0437. The van der Waals surface area contributed by atoms with Crippen molar-refractivity contribution in [2.75, 3.05) is 11.2 Å². The van der Waals surface area contributed by atoms with Gasteiger partial charge in [0, 0.05) is 5.69 Å². The van der Waals surface area contributed by atoms with Crippen LogP contribution in [0.5, 0.6) is 0 Å². The molecule has 0 heterocycles. The van der Waals surface area contributed by atoms with Crippen molar-refractivity contribution in [3.8, 4) is 0 Å². The standard InChI is InChI=1S/C15H20F3N3O5S/c1-9(2)7-12(13(22)19-8-27(24,25)26)21-14(23)20-11-5-3-10(4-6-11)15(16,17)18/h3-6,9,12H,7-8H2,1-2H3,(H,19,22)(H2,20,21,23)(H,24,25,26)/t12-/m0/s1. The number of hydrogen-bond donors (Lipinski definition) is 4. The summed E-state index contributed by atoms with van der Waals surface area (Å²) in [5.74, 6) is -1.88. The van der Waals surface area contributed by atoms with E-state index >= 15 is 0 Å². The molecule has 0 aliphatic rings. The van der Waals surface area contributed by atoms with Gasteiger partial charge in [-0.25, -0.2) is 4.79 Å². The molecule has 0 aliphatic heterocycles. The maximum Gasteiger partial charge on any atom is 0.416 e. The Morgan fingerprint density at radius 3 is 2.15 bits per heavy atom. The van der Waals surface area contributed by atoms with Gasteiger partial charge in [-0.05, 0) is 36.6 Å². The summed E-state index contributed by atoms with van der Waals surface area (Å²) in [6.07, 6.45) is -4.34. The number of halogens is 3. The third kappa shape index (κ3) is 8.73. The van der Waals surface area contributed by atoms with Gasteiger partial charge in [-0.2, -0.15) is 21.6 Å². The van der Waals surface area contributed by atoms with Gasteiger partial charge in [-0.3, -0.25) is 9.35 Å². The van der Waals surface area contributed by atoms with Crippen molar-refractivity contribution in [2.24, 2.45) is 5.92 Å². The molecule has 12 heteroatoms. The predicted octanol–water partition coefficient (Wildman–Crippen LogP) is 2.20. The fourth-order valence-electron chi connectivity index (χ4n) is 2.06. The Morgan fingerprint density at radius 2 is 1.70 bits per heavy atom. The summed E-state index contributed by atoms with van der Waals surface area (Å²) < 4.78 is 67.6. The van der Waals surface area contributed by atoms with Crippen molar-refractivity contribution in [1.82, 2.24) is 10.6 Å². The van der Waals surface area contributed by atoms with Crippen molar-refractivity contribution in [1.29, 1.82) is 0 Å². The molecule has 0 saturated carbocycles. The first-order chi connectivity index (χ1) is 12.3. The number of carbonyl (C=O) groups excluding carboxylic acids is 2. The maximum atomic E-state index is 12.5. The normalized spacial score (nSPS) is 13.1. The van der Waals surface area contributed by atoms with Gasteiger partial charge in [0.1, 0.15) is 11.9 Å². The van der Waals surface area contributed by atoms with Crippen LogP contribution in [-0.2, 0) is 21.1 Å². The molecule has 0 aliphatic carbocycles. The molecule has 0 spiro atoms. The quantitative estimate of drug-likeness (QED) is 0.512. The fourth-order valence-corrected chi connectivity index (χ4v) is 2.38. The monoisotopic (exact) mass is 411 g/mol. The summed E-state index contributed by atoms with van der Waals surface area (Å²) in [5.41, 5.74) is -0.808. The third-order valence-corrected chi connectivity index (χ3v) is 3.74. The molecule has 1 rings (SSSR count). The highest BCUT2D eigenvalue weighted by atomic mass is 32.2. The molecule has 0 aromatic heterocycles. The van der Waals surface area contributed by atoms with Gasteiger partial charge in [0.15, 0.2) is 0 Å². The van der Waals surface area contributed by atoms with Gasteiger partial charge in [0.2, 0.25) is 5.91 Å². The lowest BCUT2D eigenvalue weighted by atomic mass is 10.0.